The predicted molar refractivity (Wildman–Crippen MR) is 78.7 cm³/mol. The highest BCUT2D eigenvalue weighted by atomic mass is 15.2. The first-order valence-corrected chi connectivity index (χ1v) is 8.29. The van der Waals surface area contributed by atoms with E-state index in [4.69, 9.17) is 5.73 Å². The van der Waals surface area contributed by atoms with E-state index in [1.165, 1.54) is 77.2 Å². The highest BCUT2D eigenvalue weighted by molar-refractivity contribution is 4.97. The Labute approximate surface area is 113 Å². The van der Waals surface area contributed by atoms with Crippen molar-refractivity contribution in [3.8, 4) is 0 Å². The maximum absolute atomic E-state index is 6.26. The van der Waals surface area contributed by atoms with Crippen molar-refractivity contribution in [3.63, 3.8) is 0 Å². The largest absolute Gasteiger partial charge is 0.329 e. The average Bonchev–Trinajstić information content (AvgIpc) is 2.66. The van der Waals surface area contributed by atoms with E-state index in [1.807, 2.05) is 0 Å². The summed E-state index contributed by atoms with van der Waals surface area (Å²) in [6.45, 7) is 4.52. The van der Waals surface area contributed by atoms with Crippen LogP contribution in [0.1, 0.15) is 77.6 Å². The molecule has 18 heavy (non-hydrogen) atoms. The number of nitrogens with two attached hydrogens (primary N) is 1. The Balaban J connectivity index is 2.11. The minimum Gasteiger partial charge on any atom is -0.329 e. The van der Waals surface area contributed by atoms with Crippen LogP contribution in [-0.4, -0.2) is 29.6 Å². The lowest BCUT2D eigenvalue weighted by atomic mass is 9.83. The van der Waals surface area contributed by atoms with Gasteiger partial charge in [-0.1, -0.05) is 45.4 Å². The number of piperidine rings is 1. The molecule has 2 heteroatoms. The predicted octanol–water partition coefficient (Wildman–Crippen LogP) is 3.69. The summed E-state index contributed by atoms with van der Waals surface area (Å²) in [5.41, 5.74) is 6.61. The zero-order valence-corrected chi connectivity index (χ0v) is 12.3. The molecule has 2 fully saturated rings. The second-order valence-corrected chi connectivity index (χ2v) is 6.47. The van der Waals surface area contributed by atoms with Gasteiger partial charge >= 0.3 is 0 Å². The first-order valence-electron chi connectivity index (χ1n) is 8.29. The summed E-state index contributed by atoms with van der Waals surface area (Å²) >= 11 is 0. The molecule has 1 aliphatic heterocycles. The van der Waals surface area contributed by atoms with Crippen molar-refractivity contribution >= 4 is 0 Å². The van der Waals surface area contributed by atoms with E-state index in [2.05, 4.69) is 11.8 Å². The molecule has 0 aromatic rings. The van der Waals surface area contributed by atoms with E-state index in [0.29, 0.717) is 5.54 Å². The summed E-state index contributed by atoms with van der Waals surface area (Å²) in [5, 5.41) is 0. The summed E-state index contributed by atoms with van der Waals surface area (Å²) < 4.78 is 0. The number of hydrogen-bond donors (Lipinski definition) is 1. The summed E-state index contributed by atoms with van der Waals surface area (Å²) in [4.78, 5) is 2.85. The molecule has 0 bridgehead atoms. The molecular formula is C16H32N2. The van der Waals surface area contributed by atoms with Gasteiger partial charge in [0.05, 0.1) is 0 Å². The first kappa shape index (κ1) is 14.3. The zero-order valence-electron chi connectivity index (χ0n) is 12.3. The van der Waals surface area contributed by atoms with Gasteiger partial charge in [0, 0.05) is 18.1 Å². The number of rotatable bonds is 4. The quantitative estimate of drug-likeness (QED) is 0.773. The maximum atomic E-state index is 6.26. The Hall–Kier alpha value is -0.0800. The van der Waals surface area contributed by atoms with E-state index < -0.39 is 0 Å². The smallest absolute Gasteiger partial charge is 0.0334 e. The molecule has 2 aliphatic rings. The SMILES string of the molecule is CCCC1CCCCN1C1(CN)CCCCCC1. The monoisotopic (exact) mass is 252 g/mol. The van der Waals surface area contributed by atoms with Crippen molar-refractivity contribution in [2.75, 3.05) is 13.1 Å². The highest BCUT2D eigenvalue weighted by Crippen LogP contribution is 2.37. The Bertz CT molecular complexity index is 229. The van der Waals surface area contributed by atoms with E-state index >= 15 is 0 Å². The Morgan fingerprint density at radius 2 is 1.78 bits per heavy atom. The lowest BCUT2D eigenvalue weighted by Crippen LogP contribution is -2.59. The van der Waals surface area contributed by atoms with Gasteiger partial charge in [0.25, 0.3) is 0 Å². The molecule has 0 radical (unpaired) electrons. The Morgan fingerprint density at radius 3 is 2.39 bits per heavy atom. The summed E-state index contributed by atoms with van der Waals surface area (Å²) in [6.07, 6.45) is 15.3. The molecule has 1 unspecified atom stereocenters. The third kappa shape index (κ3) is 3.08. The molecule has 1 saturated carbocycles. The fourth-order valence-corrected chi connectivity index (χ4v) is 4.25. The van der Waals surface area contributed by atoms with Crippen LogP contribution in [-0.2, 0) is 0 Å². The topological polar surface area (TPSA) is 29.3 Å². The van der Waals surface area contributed by atoms with Crippen LogP contribution in [0.4, 0.5) is 0 Å². The fraction of sp³-hybridized carbons (Fsp3) is 1.00. The van der Waals surface area contributed by atoms with Crippen LogP contribution in [0.3, 0.4) is 0 Å². The molecule has 1 saturated heterocycles. The lowest BCUT2D eigenvalue weighted by molar-refractivity contribution is 0.00742. The van der Waals surface area contributed by atoms with Gasteiger partial charge in [0.2, 0.25) is 0 Å². The number of nitrogens with zero attached hydrogens (tertiary/aromatic N) is 1. The zero-order chi connectivity index (χ0) is 12.8. The van der Waals surface area contributed by atoms with Gasteiger partial charge in [-0.3, -0.25) is 4.90 Å². The normalized spacial score (nSPS) is 30.0. The van der Waals surface area contributed by atoms with Crippen LogP contribution in [0.15, 0.2) is 0 Å². The van der Waals surface area contributed by atoms with Crippen LogP contribution < -0.4 is 5.73 Å². The minimum absolute atomic E-state index is 0.358. The van der Waals surface area contributed by atoms with Crippen LogP contribution >= 0.6 is 0 Å². The van der Waals surface area contributed by atoms with E-state index in [1.54, 1.807) is 0 Å². The molecular weight excluding hydrogens is 220 g/mol. The van der Waals surface area contributed by atoms with Crippen molar-refractivity contribution in [3.05, 3.63) is 0 Å². The molecule has 1 atom stereocenters. The van der Waals surface area contributed by atoms with E-state index in [9.17, 15) is 0 Å². The van der Waals surface area contributed by atoms with Gasteiger partial charge < -0.3 is 5.73 Å². The van der Waals surface area contributed by atoms with Crippen molar-refractivity contribution in [2.45, 2.75) is 89.1 Å². The first-order chi connectivity index (χ1) is 8.82. The van der Waals surface area contributed by atoms with Crippen LogP contribution in [0.25, 0.3) is 0 Å². The van der Waals surface area contributed by atoms with Crippen LogP contribution in [0, 0.1) is 0 Å². The highest BCUT2D eigenvalue weighted by Gasteiger charge is 2.39. The Kier molecular flexibility index (Phi) is 5.50. The van der Waals surface area contributed by atoms with Gasteiger partial charge in [-0.15, -0.1) is 0 Å². The van der Waals surface area contributed by atoms with Crippen molar-refractivity contribution in [1.29, 1.82) is 0 Å². The third-order valence-corrected chi connectivity index (χ3v) is 5.27. The molecule has 1 heterocycles. The van der Waals surface area contributed by atoms with Crippen molar-refractivity contribution in [1.82, 2.24) is 4.90 Å². The molecule has 0 amide bonds. The average molecular weight is 252 g/mol. The third-order valence-electron chi connectivity index (χ3n) is 5.27. The van der Waals surface area contributed by atoms with Gasteiger partial charge in [-0.25, -0.2) is 0 Å². The minimum atomic E-state index is 0.358. The van der Waals surface area contributed by atoms with Gasteiger partial charge in [0.1, 0.15) is 0 Å². The molecule has 2 nitrogen and oxygen atoms in total. The standard InChI is InChI=1S/C16H32N2/c1-2-9-15-10-5-8-13-18(15)16(14-17)11-6-3-4-7-12-16/h15H,2-14,17H2,1H3. The second kappa shape index (κ2) is 6.91. The van der Waals surface area contributed by atoms with E-state index in [0.717, 1.165) is 12.6 Å². The Morgan fingerprint density at radius 1 is 1.06 bits per heavy atom. The molecule has 2 N–H and O–H groups in total. The summed E-state index contributed by atoms with van der Waals surface area (Å²) in [7, 11) is 0. The van der Waals surface area contributed by atoms with Crippen LogP contribution in [0.5, 0.6) is 0 Å². The second-order valence-electron chi connectivity index (χ2n) is 6.47. The van der Waals surface area contributed by atoms with Crippen molar-refractivity contribution < 1.29 is 0 Å². The molecule has 2 rings (SSSR count). The van der Waals surface area contributed by atoms with Gasteiger partial charge in [-0.05, 0) is 38.6 Å². The number of hydrogen-bond acceptors (Lipinski definition) is 2. The van der Waals surface area contributed by atoms with Gasteiger partial charge in [0.15, 0.2) is 0 Å². The summed E-state index contributed by atoms with van der Waals surface area (Å²) in [6, 6.07) is 0.824. The molecule has 106 valence electrons. The van der Waals surface area contributed by atoms with E-state index in [-0.39, 0.29) is 0 Å². The molecule has 0 aromatic heterocycles. The molecule has 0 spiro atoms. The summed E-state index contributed by atoms with van der Waals surface area (Å²) in [5.74, 6) is 0. The lowest BCUT2D eigenvalue weighted by Gasteiger charge is -2.50. The maximum Gasteiger partial charge on any atom is 0.0334 e. The van der Waals surface area contributed by atoms with Crippen molar-refractivity contribution in [2.24, 2.45) is 5.73 Å². The molecule has 0 aromatic carbocycles. The molecule has 1 aliphatic carbocycles. The van der Waals surface area contributed by atoms with Gasteiger partial charge in [-0.2, -0.15) is 0 Å². The number of likely N-dealkylation sites (tertiary alicyclic amines) is 1. The van der Waals surface area contributed by atoms with Crippen LogP contribution in [0.2, 0.25) is 0 Å². The fourth-order valence-electron chi connectivity index (χ4n) is 4.25.